The second-order valence-corrected chi connectivity index (χ2v) is 6.34. The molecule has 19 heavy (non-hydrogen) atoms. The van der Waals surface area contributed by atoms with Crippen LogP contribution in [0.25, 0.3) is 0 Å². The Kier molecular flexibility index (Phi) is 6.14. The zero-order chi connectivity index (χ0) is 13.7. The monoisotopic (exact) mass is 345 g/mol. The fraction of sp³-hybridized carbons (Fsp3) is 0.600. The van der Waals surface area contributed by atoms with Gasteiger partial charge in [-0.15, -0.1) is 0 Å². The molecule has 1 N–H and O–H groups in total. The second kappa shape index (κ2) is 7.63. The Hall–Kier alpha value is -0.0900. The third kappa shape index (κ3) is 4.45. The zero-order valence-electron chi connectivity index (χ0n) is 11.3. The van der Waals surface area contributed by atoms with Crippen LogP contribution in [0.5, 0.6) is 0 Å². The summed E-state index contributed by atoms with van der Waals surface area (Å²) in [7, 11) is 0. The molecule has 1 aromatic carbocycles. The Morgan fingerprint density at radius 1 is 1.42 bits per heavy atom. The largest absolute Gasteiger partial charge is 0.381 e. The molecule has 1 aliphatic rings. The summed E-state index contributed by atoms with van der Waals surface area (Å²) in [5.74, 6) is 0.757. The fourth-order valence-electron chi connectivity index (χ4n) is 2.63. The van der Waals surface area contributed by atoms with Gasteiger partial charge in [-0.1, -0.05) is 24.6 Å². The molecule has 1 atom stereocenters. The van der Waals surface area contributed by atoms with Crippen molar-refractivity contribution in [3.8, 4) is 0 Å². The highest BCUT2D eigenvalue weighted by atomic mass is 79.9. The molecule has 4 heteroatoms. The van der Waals surface area contributed by atoms with Crippen LogP contribution in [0.15, 0.2) is 22.7 Å². The van der Waals surface area contributed by atoms with Crippen LogP contribution in [0, 0.1) is 5.92 Å². The van der Waals surface area contributed by atoms with Gasteiger partial charge >= 0.3 is 0 Å². The Balaban J connectivity index is 2.07. The van der Waals surface area contributed by atoms with E-state index in [1.54, 1.807) is 0 Å². The molecule has 1 saturated heterocycles. The molecule has 0 radical (unpaired) electrons. The van der Waals surface area contributed by atoms with E-state index < -0.39 is 0 Å². The summed E-state index contributed by atoms with van der Waals surface area (Å²) < 4.78 is 6.41. The first-order valence-corrected chi connectivity index (χ1v) is 8.14. The van der Waals surface area contributed by atoms with Crippen LogP contribution in [0.2, 0.25) is 5.02 Å². The molecule has 0 amide bonds. The van der Waals surface area contributed by atoms with Gasteiger partial charge in [0.1, 0.15) is 0 Å². The van der Waals surface area contributed by atoms with E-state index in [0.717, 1.165) is 35.2 Å². The lowest BCUT2D eigenvalue weighted by atomic mass is 9.89. The molecular weight excluding hydrogens is 326 g/mol. The standard InChI is InChI=1S/C15H21BrClNO/c1-2-18-15(9-11-5-7-19-8-6-11)12-3-4-14(17)13(16)10-12/h3-4,10-11,15,18H,2,5-9H2,1H3. The molecule has 1 fully saturated rings. The number of ether oxygens (including phenoxy) is 1. The molecule has 1 aromatic rings. The molecule has 0 aliphatic carbocycles. The van der Waals surface area contributed by atoms with Gasteiger partial charge in [0, 0.05) is 23.7 Å². The lowest BCUT2D eigenvalue weighted by Gasteiger charge is -2.27. The van der Waals surface area contributed by atoms with Gasteiger partial charge in [0.15, 0.2) is 0 Å². The van der Waals surface area contributed by atoms with Crippen molar-refractivity contribution in [3.63, 3.8) is 0 Å². The van der Waals surface area contributed by atoms with Gasteiger partial charge in [-0.25, -0.2) is 0 Å². The Bertz CT molecular complexity index is 407. The summed E-state index contributed by atoms with van der Waals surface area (Å²) in [6.45, 7) is 4.96. The number of rotatable bonds is 5. The number of nitrogens with one attached hydrogen (secondary N) is 1. The van der Waals surface area contributed by atoms with E-state index in [4.69, 9.17) is 16.3 Å². The summed E-state index contributed by atoms with van der Waals surface area (Å²) in [6.07, 6.45) is 3.53. The predicted octanol–water partition coefficient (Wildman–Crippen LogP) is 4.57. The topological polar surface area (TPSA) is 21.3 Å². The van der Waals surface area contributed by atoms with E-state index in [1.165, 1.54) is 24.8 Å². The number of halogens is 2. The lowest BCUT2D eigenvalue weighted by molar-refractivity contribution is 0.0606. The van der Waals surface area contributed by atoms with Crippen molar-refractivity contribution in [1.82, 2.24) is 5.32 Å². The van der Waals surface area contributed by atoms with Gasteiger partial charge in [0.25, 0.3) is 0 Å². The normalized spacial score (nSPS) is 18.5. The number of hydrogen-bond donors (Lipinski definition) is 1. The maximum atomic E-state index is 6.07. The maximum Gasteiger partial charge on any atom is 0.0548 e. The minimum atomic E-state index is 0.404. The van der Waals surface area contributed by atoms with Crippen LogP contribution in [-0.4, -0.2) is 19.8 Å². The molecule has 1 heterocycles. The van der Waals surface area contributed by atoms with Gasteiger partial charge < -0.3 is 10.1 Å². The molecule has 0 bridgehead atoms. The molecule has 0 aromatic heterocycles. The molecular formula is C15H21BrClNO. The van der Waals surface area contributed by atoms with E-state index >= 15 is 0 Å². The predicted molar refractivity (Wildman–Crippen MR) is 83.7 cm³/mol. The van der Waals surface area contributed by atoms with E-state index in [-0.39, 0.29) is 0 Å². The zero-order valence-corrected chi connectivity index (χ0v) is 13.6. The Morgan fingerprint density at radius 2 is 2.16 bits per heavy atom. The molecule has 1 aliphatic heterocycles. The minimum Gasteiger partial charge on any atom is -0.381 e. The molecule has 0 saturated carbocycles. The molecule has 106 valence electrons. The van der Waals surface area contributed by atoms with Gasteiger partial charge in [0.2, 0.25) is 0 Å². The van der Waals surface area contributed by atoms with Crippen LogP contribution in [-0.2, 0) is 4.74 Å². The third-order valence-electron chi connectivity index (χ3n) is 3.71. The van der Waals surface area contributed by atoms with Crippen molar-refractivity contribution in [2.75, 3.05) is 19.8 Å². The van der Waals surface area contributed by atoms with E-state index in [9.17, 15) is 0 Å². The van der Waals surface area contributed by atoms with Crippen molar-refractivity contribution in [2.24, 2.45) is 5.92 Å². The molecule has 2 nitrogen and oxygen atoms in total. The van der Waals surface area contributed by atoms with Crippen LogP contribution >= 0.6 is 27.5 Å². The van der Waals surface area contributed by atoms with E-state index in [0.29, 0.717) is 6.04 Å². The molecule has 0 spiro atoms. The summed E-state index contributed by atoms with van der Waals surface area (Å²) in [5, 5.41) is 4.36. The fourth-order valence-corrected chi connectivity index (χ4v) is 3.14. The summed E-state index contributed by atoms with van der Waals surface area (Å²) >= 11 is 9.58. The first-order chi connectivity index (χ1) is 9.20. The summed E-state index contributed by atoms with van der Waals surface area (Å²) in [4.78, 5) is 0. The number of benzene rings is 1. The summed E-state index contributed by atoms with van der Waals surface area (Å²) in [5.41, 5.74) is 1.31. The highest BCUT2D eigenvalue weighted by molar-refractivity contribution is 9.10. The van der Waals surface area contributed by atoms with Crippen molar-refractivity contribution in [1.29, 1.82) is 0 Å². The average Bonchev–Trinajstić information content (AvgIpc) is 2.43. The van der Waals surface area contributed by atoms with Gasteiger partial charge in [-0.3, -0.25) is 0 Å². The average molecular weight is 347 g/mol. The van der Waals surface area contributed by atoms with E-state index in [1.807, 2.05) is 6.07 Å². The minimum absolute atomic E-state index is 0.404. The highest BCUT2D eigenvalue weighted by Crippen LogP contribution is 2.31. The van der Waals surface area contributed by atoms with Gasteiger partial charge in [-0.2, -0.15) is 0 Å². The second-order valence-electron chi connectivity index (χ2n) is 5.08. The van der Waals surface area contributed by atoms with Crippen LogP contribution < -0.4 is 5.32 Å². The maximum absolute atomic E-state index is 6.07. The highest BCUT2D eigenvalue weighted by Gasteiger charge is 2.20. The smallest absolute Gasteiger partial charge is 0.0548 e. The van der Waals surface area contributed by atoms with E-state index in [2.05, 4.69) is 40.3 Å². The molecule has 1 unspecified atom stereocenters. The van der Waals surface area contributed by atoms with Crippen molar-refractivity contribution in [2.45, 2.75) is 32.2 Å². The molecule has 2 rings (SSSR count). The van der Waals surface area contributed by atoms with Gasteiger partial charge in [0.05, 0.1) is 5.02 Å². The lowest BCUT2D eigenvalue weighted by Crippen LogP contribution is -2.26. The van der Waals surface area contributed by atoms with Crippen LogP contribution in [0.4, 0.5) is 0 Å². The first kappa shape index (κ1) is 15.3. The number of hydrogen-bond acceptors (Lipinski definition) is 2. The van der Waals surface area contributed by atoms with Crippen LogP contribution in [0.1, 0.15) is 37.8 Å². The summed E-state index contributed by atoms with van der Waals surface area (Å²) in [6, 6.07) is 6.63. The van der Waals surface area contributed by atoms with Gasteiger partial charge in [-0.05, 0) is 65.4 Å². The third-order valence-corrected chi connectivity index (χ3v) is 4.92. The van der Waals surface area contributed by atoms with Crippen LogP contribution in [0.3, 0.4) is 0 Å². The SMILES string of the molecule is CCNC(CC1CCOCC1)c1ccc(Cl)c(Br)c1. The van der Waals surface area contributed by atoms with Crippen molar-refractivity contribution >= 4 is 27.5 Å². The Labute approximate surface area is 129 Å². The Morgan fingerprint density at radius 3 is 2.79 bits per heavy atom. The quantitative estimate of drug-likeness (QED) is 0.843. The van der Waals surface area contributed by atoms with Crippen molar-refractivity contribution in [3.05, 3.63) is 33.3 Å². The van der Waals surface area contributed by atoms with Crippen molar-refractivity contribution < 1.29 is 4.74 Å². The first-order valence-electron chi connectivity index (χ1n) is 6.96.